The summed E-state index contributed by atoms with van der Waals surface area (Å²) in [5, 5.41) is 5.11. The number of halogens is 1. The van der Waals surface area contributed by atoms with Crippen molar-refractivity contribution in [3.8, 4) is 0 Å². The molecule has 1 N–H and O–H groups in total. The van der Waals surface area contributed by atoms with Crippen molar-refractivity contribution in [3.05, 3.63) is 15.6 Å². The molecule has 0 amide bonds. The maximum Gasteiger partial charge on any atom is 0.194 e. The predicted molar refractivity (Wildman–Crippen MR) is 125 cm³/mol. The molecule has 3 aliphatic carbocycles. The van der Waals surface area contributed by atoms with Crippen LogP contribution in [-0.2, 0) is 24.1 Å². The fraction of sp³-hybridized carbons (Fsp3) is 0.810. The molecule has 4 aliphatic rings. The lowest BCUT2D eigenvalue weighted by Gasteiger charge is -2.63. The van der Waals surface area contributed by atoms with Crippen LogP contribution in [0.2, 0.25) is 0 Å². The van der Waals surface area contributed by atoms with Crippen molar-refractivity contribution in [3.63, 3.8) is 0 Å². The second-order valence-corrected chi connectivity index (χ2v) is 9.96. The number of guanidine groups is 1. The van der Waals surface area contributed by atoms with Gasteiger partial charge in [-0.25, -0.2) is 4.98 Å². The maximum absolute atomic E-state index is 6.08. The summed E-state index contributed by atoms with van der Waals surface area (Å²) >= 11 is 1.91. The molecular formula is C21H33IN4OS. The molecule has 1 aromatic rings. The Morgan fingerprint density at radius 2 is 2.14 bits per heavy atom. The number of ether oxygens (including phenoxy) is 1. The van der Waals surface area contributed by atoms with Crippen LogP contribution in [0, 0.1) is 11.3 Å². The van der Waals surface area contributed by atoms with Crippen molar-refractivity contribution in [1.82, 2.24) is 15.2 Å². The Kier molecular flexibility index (Phi) is 6.24. The number of nitrogens with zero attached hydrogens (tertiary/aromatic N) is 3. The Hall–Kier alpha value is -0.410. The highest BCUT2D eigenvalue weighted by atomic mass is 127. The fourth-order valence-corrected chi connectivity index (χ4v) is 6.98. The SMILES string of the molecule is CCN=C(NC1C2CCOC2C12CCC2)N(C)Cc1nc2c(s1)CCCC2.I. The van der Waals surface area contributed by atoms with Crippen LogP contribution in [0.15, 0.2) is 4.99 Å². The first-order chi connectivity index (χ1) is 13.2. The molecule has 0 bridgehead atoms. The largest absolute Gasteiger partial charge is 0.377 e. The lowest BCUT2D eigenvalue weighted by Crippen LogP contribution is -2.72. The number of aliphatic imine (C=N–C) groups is 1. The summed E-state index contributed by atoms with van der Waals surface area (Å²) in [5.74, 6) is 1.72. The fourth-order valence-electron chi connectivity index (χ4n) is 5.77. The van der Waals surface area contributed by atoms with E-state index in [1.807, 2.05) is 11.3 Å². The van der Waals surface area contributed by atoms with Crippen molar-refractivity contribution in [2.24, 2.45) is 16.3 Å². The summed E-state index contributed by atoms with van der Waals surface area (Å²) in [7, 11) is 2.16. The van der Waals surface area contributed by atoms with Gasteiger partial charge in [0, 0.05) is 42.5 Å². The van der Waals surface area contributed by atoms with Crippen LogP contribution in [0.4, 0.5) is 0 Å². The molecule has 2 heterocycles. The van der Waals surface area contributed by atoms with Gasteiger partial charge in [0.25, 0.3) is 0 Å². The van der Waals surface area contributed by atoms with Crippen LogP contribution < -0.4 is 5.32 Å². The monoisotopic (exact) mass is 516 g/mol. The molecule has 5 rings (SSSR count). The number of nitrogens with one attached hydrogen (secondary N) is 1. The summed E-state index contributed by atoms with van der Waals surface area (Å²) in [5.41, 5.74) is 1.74. The topological polar surface area (TPSA) is 49.8 Å². The Bertz CT molecular complexity index is 708. The third kappa shape index (κ3) is 3.39. The lowest BCUT2D eigenvalue weighted by atomic mass is 9.46. The molecule has 1 aromatic heterocycles. The highest BCUT2D eigenvalue weighted by Crippen LogP contribution is 2.62. The molecule has 3 unspecified atom stereocenters. The minimum Gasteiger partial charge on any atom is -0.377 e. The average Bonchev–Trinajstić information content (AvgIpc) is 3.21. The van der Waals surface area contributed by atoms with Gasteiger partial charge in [0.1, 0.15) is 5.01 Å². The second kappa shape index (κ2) is 8.38. The molecule has 5 nitrogen and oxygen atoms in total. The number of rotatable bonds is 4. The number of hydrogen-bond donors (Lipinski definition) is 1. The van der Waals surface area contributed by atoms with Gasteiger partial charge >= 0.3 is 0 Å². The molecule has 3 atom stereocenters. The summed E-state index contributed by atoms with van der Waals surface area (Å²) in [6.07, 6.45) is 10.7. The van der Waals surface area contributed by atoms with E-state index in [1.54, 1.807) is 0 Å². The zero-order valence-corrected chi connectivity index (χ0v) is 20.2. The number of aromatic nitrogens is 1. The first-order valence-corrected chi connectivity index (χ1v) is 11.6. The Labute approximate surface area is 189 Å². The Morgan fingerprint density at radius 3 is 2.86 bits per heavy atom. The normalized spacial score (nSPS) is 29.9. The Balaban J connectivity index is 0.00000192. The van der Waals surface area contributed by atoms with Gasteiger partial charge in [-0.15, -0.1) is 35.3 Å². The van der Waals surface area contributed by atoms with E-state index in [9.17, 15) is 0 Å². The van der Waals surface area contributed by atoms with Crippen molar-refractivity contribution in [2.75, 3.05) is 20.2 Å². The molecular weight excluding hydrogens is 483 g/mol. The van der Waals surface area contributed by atoms with Gasteiger partial charge in [-0.05, 0) is 51.9 Å². The Morgan fingerprint density at radius 1 is 1.32 bits per heavy atom. The standard InChI is InChI=1S/C21H32N4OS.HI/c1-3-22-20(24-18-14-9-12-26-19(14)21(18)10-6-11-21)25(2)13-17-23-15-7-4-5-8-16(15)27-17;/h14,18-19H,3-13H2,1-2H3,(H,22,24);1H. The van der Waals surface area contributed by atoms with Gasteiger partial charge in [0.2, 0.25) is 0 Å². The highest BCUT2D eigenvalue weighted by molar-refractivity contribution is 14.0. The molecule has 1 spiro atoms. The van der Waals surface area contributed by atoms with Crippen LogP contribution >= 0.6 is 35.3 Å². The van der Waals surface area contributed by atoms with Gasteiger partial charge < -0.3 is 15.0 Å². The van der Waals surface area contributed by atoms with Crippen LogP contribution in [-0.4, -0.2) is 48.2 Å². The predicted octanol–water partition coefficient (Wildman–Crippen LogP) is 3.99. The van der Waals surface area contributed by atoms with Gasteiger partial charge in [0.05, 0.1) is 18.3 Å². The summed E-state index contributed by atoms with van der Waals surface area (Å²) < 4.78 is 6.08. The van der Waals surface area contributed by atoms with Crippen molar-refractivity contribution in [1.29, 1.82) is 0 Å². The first kappa shape index (κ1) is 20.8. The summed E-state index contributed by atoms with van der Waals surface area (Å²) in [6, 6.07) is 0.538. The minimum atomic E-state index is 0. The molecule has 3 fully saturated rings. The van der Waals surface area contributed by atoms with Crippen molar-refractivity contribution in [2.45, 2.75) is 77.0 Å². The summed E-state index contributed by atoms with van der Waals surface area (Å²) in [6.45, 7) is 4.73. The molecule has 0 radical (unpaired) electrons. The third-order valence-corrected chi connectivity index (χ3v) is 8.39. The molecule has 2 saturated carbocycles. The number of fused-ring (bicyclic) bond motifs is 3. The average molecular weight is 516 g/mol. The quantitative estimate of drug-likeness (QED) is 0.374. The van der Waals surface area contributed by atoms with Gasteiger partial charge in [-0.1, -0.05) is 6.42 Å². The first-order valence-electron chi connectivity index (χ1n) is 10.8. The number of aryl methyl sites for hydroxylation is 2. The second-order valence-electron chi connectivity index (χ2n) is 8.79. The minimum absolute atomic E-state index is 0. The molecule has 7 heteroatoms. The van der Waals surface area contributed by atoms with E-state index in [4.69, 9.17) is 14.7 Å². The zero-order chi connectivity index (χ0) is 18.4. The van der Waals surface area contributed by atoms with E-state index >= 15 is 0 Å². The van der Waals surface area contributed by atoms with Gasteiger partial charge in [-0.2, -0.15) is 0 Å². The molecule has 1 aliphatic heterocycles. The highest BCUT2D eigenvalue weighted by Gasteiger charge is 2.66. The molecule has 28 heavy (non-hydrogen) atoms. The van der Waals surface area contributed by atoms with E-state index < -0.39 is 0 Å². The molecule has 156 valence electrons. The van der Waals surface area contributed by atoms with Crippen LogP contribution in [0.3, 0.4) is 0 Å². The van der Waals surface area contributed by atoms with E-state index in [1.165, 1.54) is 60.5 Å². The van der Waals surface area contributed by atoms with Crippen LogP contribution in [0.5, 0.6) is 0 Å². The summed E-state index contributed by atoms with van der Waals surface area (Å²) in [4.78, 5) is 13.6. The number of thiazole rings is 1. The van der Waals surface area contributed by atoms with E-state index in [0.717, 1.165) is 32.1 Å². The van der Waals surface area contributed by atoms with E-state index in [-0.39, 0.29) is 24.0 Å². The van der Waals surface area contributed by atoms with Gasteiger partial charge in [-0.3, -0.25) is 4.99 Å². The number of hydrogen-bond acceptors (Lipinski definition) is 4. The zero-order valence-electron chi connectivity index (χ0n) is 17.1. The molecule has 1 saturated heterocycles. The van der Waals surface area contributed by atoms with Crippen LogP contribution in [0.1, 0.15) is 61.0 Å². The maximum atomic E-state index is 6.08. The van der Waals surface area contributed by atoms with Crippen LogP contribution in [0.25, 0.3) is 0 Å². The lowest BCUT2D eigenvalue weighted by molar-refractivity contribution is -0.171. The third-order valence-electron chi connectivity index (χ3n) is 7.25. The van der Waals surface area contributed by atoms with E-state index in [2.05, 4.69) is 24.2 Å². The van der Waals surface area contributed by atoms with E-state index in [0.29, 0.717) is 23.5 Å². The van der Waals surface area contributed by atoms with Crippen molar-refractivity contribution >= 4 is 41.3 Å². The van der Waals surface area contributed by atoms with Gasteiger partial charge in [0.15, 0.2) is 5.96 Å². The smallest absolute Gasteiger partial charge is 0.194 e. The van der Waals surface area contributed by atoms with Crippen molar-refractivity contribution < 1.29 is 4.74 Å². The molecule has 0 aromatic carbocycles.